The van der Waals surface area contributed by atoms with Gasteiger partial charge in [0.25, 0.3) is 0 Å². The first-order valence-electron chi connectivity index (χ1n) is 9.61. The van der Waals surface area contributed by atoms with Crippen LogP contribution in [0.25, 0.3) is 22.4 Å². The van der Waals surface area contributed by atoms with Crippen molar-refractivity contribution in [2.24, 2.45) is 0 Å². The van der Waals surface area contributed by atoms with Gasteiger partial charge in [-0.1, -0.05) is 77.8 Å². The molecule has 4 aromatic rings. The zero-order chi connectivity index (χ0) is 20.2. The lowest BCUT2D eigenvalue weighted by molar-refractivity contribution is 0.306. The summed E-state index contributed by atoms with van der Waals surface area (Å²) in [6.07, 6.45) is 1.82. The van der Waals surface area contributed by atoms with Gasteiger partial charge in [-0.25, -0.2) is 0 Å². The van der Waals surface area contributed by atoms with Crippen LogP contribution in [0.2, 0.25) is 5.02 Å². The molecule has 0 aliphatic heterocycles. The number of aryl methyl sites for hydroxylation is 2. The highest BCUT2D eigenvalue weighted by Crippen LogP contribution is 2.36. The van der Waals surface area contributed by atoms with Crippen molar-refractivity contribution in [2.75, 3.05) is 0 Å². The number of ether oxygens (including phenoxy) is 1. The Hall–Kier alpha value is -3.10. The third-order valence-electron chi connectivity index (χ3n) is 4.92. The van der Waals surface area contributed by atoms with E-state index in [0.29, 0.717) is 17.4 Å². The van der Waals surface area contributed by atoms with Crippen molar-refractivity contribution in [3.63, 3.8) is 0 Å². The summed E-state index contributed by atoms with van der Waals surface area (Å²) in [5.74, 6) is 0.658. The number of aromatic nitrogens is 1. The molecule has 0 aliphatic rings. The van der Waals surface area contributed by atoms with E-state index in [1.165, 1.54) is 16.7 Å². The van der Waals surface area contributed by atoms with Crippen molar-refractivity contribution in [3.8, 4) is 28.1 Å². The second kappa shape index (κ2) is 8.50. The number of hydrogen-bond acceptors (Lipinski definition) is 2. The first kappa shape index (κ1) is 19.2. The van der Waals surface area contributed by atoms with Gasteiger partial charge in [0.15, 0.2) is 0 Å². The van der Waals surface area contributed by atoms with Crippen molar-refractivity contribution < 1.29 is 4.74 Å². The number of hydrogen-bond donors (Lipinski definition) is 0. The molecule has 1 aromatic heterocycles. The lowest BCUT2D eigenvalue weighted by Gasteiger charge is -2.14. The molecule has 29 heavy (non-hydrogen) atoms. The summed E-state index contributed by atoms with van der Waals surface area (Å²) in [7, 11) is 0. The maximum absolute atomic E-state index is 6.40. The predicted molar refractivity (Wildman–Crippen MR) is 120 cm³/mol. The molecule has 3 heteroatoms. The molecule has 0 aliphatic carbocycles. The van der Waals surface area contributed by atoms with Crippen LogP contribution >= 0.6 is 11.6 Å². The second-order valence-corrected chi connectivity index (χ2v) is 7.54. The molecule has 1 heterocycles. The second-order valence-electron chi connectivity index (χ2n) is 7.14. The molecule has 0 amide bonds. The number of pyridine rings is 1. The molecule has 0 bridgehead atoms. The lowest BCUT2D eigenvalue weighted by atomic mass is 9.95. The Labute approximate surface area is 176 Å². The summed E-state index contributed by atoms with van der Waals surface area (Å²) >= 11 is 6.40. The molecule has 0 saturated carbocycles. The van der Waals surface area contributed by atoms with E-state index < -0.39 is 0 Å². The first-order valence-corrected chi connectivity index (χ1v) is 9.99. The average molecular weight is 400 g/mol. The molecule has 0 unspecified atom stereocenters. The number of rotatable bonds is 5. The largest absolute Gasteiger partial charge is 0.487 e. The minimum Gasteiger partial charge on any atom is -0.487 e. The molecule has 3 aromatic carbocycles. The quantitative estimate of drug-likeness (QED) is 0.352. The molecular weight excluding hydrogens is 378 g/mol. The molecule has 0 N–H and O–H groups in total. The van der Waals surface area contributed by atoms with Gasteiger partial charge in [-0.15, -0.1) is 0 Å². The number of halogens is 1. The fraction of sp³-hybridized carbons (Fsp3) is 0.115. The Morgan fingerprint density at radius 2 is 1.66 bits per heavy atom. The van der Waals surface area contributed by atoms with Crippen molar-refractivity contribution in [1.29, 1.82) is 0 Å². The van der Waals surface area contributed by atoms with E-state index in [4.69, 9.17) is 16.3 Å². The normalized spacial score (nSPS) is 10.7. The fourth-order valence-electron chi connectivity index (χ4n) is 3.47. The lowest BCUT2D eigenvalue weighted by Crippen LogP contribution is -1.97. The zero-order valence-electron chi connectivity index (χ0n) is 16.5. The summed E-state index contributed by atoms with van der Waals surface area (Å²) in [5.41, 5.74) is 7.76. The van der Waals surface area contributed by atoms with Gasteiger partial charge in [-0.05, 0) is 48.7 Å². The molecular formula is C26H22ClNO. The maximum Gasteiger partial charge on any atom is 0.139 e. The highest BCUT2D eigenvalue weighted by atomic mass is 35.5. The van der Waals surface area contributed by atoms with Crippen LogP contribution in [0, 0.1) is 13.8 Å². The highest BCUT2D eigenvalue weighted by molar-refractivity contribution is 6.32. The highest BCUT2D eigenvalue weighted by Gasteiger charge is 2.13. The van der Waals surface area contributed by atoms with E-state index in [2.05, 4.69) is 43.1 Å². The van der Waals surface area contributed by atoms with Crippen molar-refractivity contribution >= 4 is 11.6 Å². The summed E-state index contributed by atoms with van der Waals surface area (Å²) in [4.78, 5) is 4.68. The minimum absolute atomic E-state index is 0.468. The summed E-state index contributed by atoms with van der Waals surface area (Å²) in [6.45, 7) is 4.71. The Bertz CT molecular complexity index is 1140. The van der Waals surface area contributed by atoms with Crippen LogP contribution in [0.4, 0.5) is 0 Å². The van der Waals surface area contributed by atoms with Crippen LogP contribution in [0.3, 0.4) is 0 Å². The standard InChI is InChI=1S/C26H22ClNO/c1-18-10-12-22(19(2)15-18)23-9-6-14-28-26(23)21-11-13-24(27)25(16-21)29-17-20-7-4-3-5-8-20/h3-16H,17H2,1-2H3. The van der Waals surface area contributed by atoms with Crippen LogP contribution in [0.1, 0.15) is 16.7 Å². The fourth-order valence-corrected chi connectivity index (χ4v) is 3.64. The van der Waals surface area contributed by atoms with Crippen LogP contribution in [0.5, 0.6) is 5.75 Å². The van der Waals surface area contributed by atoms with Crippen molar-refractivity contribution in [1.82, 2.24) is 4.98 Å². The van der Waals surface area contributed by atoms with E-state index in [-0.39, 0.29) is 0 Å². The summed E-state index contributed by atoms with van der Waals surface area (Å²) < 4.78 is 6.01. The van der Waals surface area contributed by atoms with Gasteiger partial charge in [0, 0.05) is 17.3 Å². The molecule has 0 spiro atoms. The van der Waals surface area contributed by atoms with Gasteiger partial charge in [0.2, 0.25) is 0 Å². The van der Waals surface area contributed by atoms with E-state index in [9.17, 15) is 0 Å². The zero-order valence-corrected chi connectivity index (χ0v) is 17.3. The topological polar surface area (TPSA) is 22.1 Å². The van der Waals surface area contributed by atoms with E-state index in [0.717, 1.165) is 22.4 Å². The third-order valence-corrected chi connectivity index (χ3v) is 5.23. The van der Waals surface area contributed by atoms with Gasteiger partial charge in [-0.3, -0.25) is 4.98 Å². The predicted octanol–water partition coefficient (Wildman–Crippen LogP) is 7.26. The van der Waals surface area contributed by atoms with Crippen LogP contribution < -0.4 is 4.74 Å². The van der Waals surface area contributed by atoms with E-state index >= 15 is 0 Å². The van der Waals surface area contributed by atoms with Gasteiger partial charge in [0.1, 0.15) is 12.4 Å². The van der Waals surface area contributed by atoms with Crippen LogP contribution in [-0.4, -0.2) is 4.98 Å². The Morgan fingerprint density at radius 1 is 0.828 bits per heavy atom. The van der Waals surface area contributed by atoms with Gasteiger partial charge in [-0.2, -0.15) is 0 Å². The molecule has 0 fully saturated rings. The maximum atomic E-state index is 6.40. The Kier molecular flexibility index (Phi) is 5.64. The summed E-state index contributed by atoms with van der Waals surface area (Å²) in [5, 5.41) is 0.591. The van der Waals surface area contributed by atoms with Gasteiger partial charge < -0.3 is 4.74 Å². The van der Waals surface area contributed by atoms with Gasteiger partial charge in [0.05, 0.1) is 10.7 Å². The first-order chi connectivity index (χ1) is 14.1. The van der Waals surface area contributed by atoms with Crippen LogP contribution in [-0.2, 0) is 6.61 Å². The monoisotopic (exact) mass is 399 g/mol. The molecule has 4 rings (SSSR count). The molecule has 0 radical (unpaired) electrons. The van der Waals surface area contributed by atoms with E-state index in [1.807, 2.05) is 60.8 Å². The molecule has 0 saturated heterocycles. The van der Waals surface area contributed by atoms with Gasteiger partial charge >= 0.3 is 0 Å². The Morgan fingerprint density at radius 3 is 2.45 bits per heavy atom. The number of benzene rings is 3. The molecule has 2 nitrogen and oxygen atoms in total. The third kappa shape index (κ3) is 4.33. The molecule has 0 atom stereocenters. The Balaban J connectivity index is 1.71. The molecule has 144 valence electrons. The van der Waals surface area contributed by atoms with Crippen molar-refractivity contribution in [2.45, 2.75) is 20.5 Å². The van der Waals surface area contributed by atoms with Crippen LogP contribution in [0.15, 0.2) is 85.1 Å². The van der Waals surface area contributed by atoms with Crippen molar-refractivity contribution in [3.05, 3.63) is 107 Å². The smallest absolute Gasteiger partial charge is 0.139 e. The minimum atomic E-state index is 0.468. The van der Waals surface area contributed by atoms with E-state index in [1.54, 1.807) is 0 Å². The number of nitrogens with zero attached hydrogens (tertiary/aromatic N) is 1. The SMILES string of the molecule is Cc1ccc(-c2cccnc2-c2ccc(Cl)c(OCc3ccccc3)c2)c(C)c1. The average Bonchev–Trinajstić information content (AvgIpc) is 2.74. The summed E-state index contributed by atoms with van der Waals surface area (Å²) in [6, 6.07) is 26.5.